The number of hydrogen-bond acceptors (Lipinski definition) is 3. The monoisotopic (exact) mass is 297 g/mol. The van der Waals surface area contributed by atoms with Crippen molar-refractivity contribution in [3.8, 4) is 6.07 Å². The predicted molar refractivity (Wildman–Crippen MR) is 70.5 cm³/mol. The average Bonchev–Trinajstić information content (AvgIpc) is 2.96. The predicted octanol–water partition coefficient (Wildman–Crippen LogP) is 2.06. The molecule has 1 aliphatic heterocycles. The maximum absolute atomic E-state index is 13.4. The molecule has 1 fully saturated rings. The van der Waals surface area contributed by atoms with Gasteiger partial charge < -0.3 is 10.2 Å². The Labute approximate surface area is 120 Å². The molecule has 0 spiro atoms. The van der Waals surface area contributed by atoms with Crippen LogP contribution >= 0.6 is 0 Å². The second-order valence-electron chi connectivity index (χ2n) is 5.00. The van der Waals surface area contributed by atoms with Crippen LogP contribution in [0.25, 0.3) is 0 Å². The first-order valence-corrected chi connectivity index (χ1v) is 6.38. The molecule has 1 aliphatic rings. The van der Waals surface area contributed by atoms with E-state index in [0.717, 1.165) is 4.90 Å². The number of anilines is 1. The zero-order valence-corrected chi connectivity index (χ0v) is 11.4. The summed E-state index contributed by atoms with van der Waals surface area (Å²) in [6.07, 6.45) is -4.93. The SMILES string of the molecule is CN(C(=O)C1(C(F)(F)F)CCNC1)c1ccccc1C#N. The number of halogens is 3. The highest BCUT2D eigenvalue weighted by Crippen LogP contribution is 2.45. The molecule has 1 aromatic carbocycles. The van der Waals surface area contributed by atoms with E-state index in [-0.39, 0.29) is 24.2 Å². The number of benzene rings is 1. The van der Waals surface area contributed by atoms with Crippen molar-refractivity contribution in [3.63, 3.8) is 0 Å². The molecule has 1 N–H and O–H groups in total. The molecule has 4 nitrogen and oxygen atoms in total. The van der Waals surface area contributed by atoms with Gasteiger partial charge in [0.2, 0.25) is 5.91 Å². The lowest BCUT2D eigenvalue weighted by Crippen LogP contribution is -2.53. The minimum atomic E-state index is -4.64. The van der Waals surface area contributed by atoms with E-state index in [0.29, 0.717) is 0 Å². The van der Waals surface area contributed by atoms with Crippen LogP contribution in [0.15, 0.2) is 24.3 Å². The third-order valence-electron chi connectivity index (χ3n) is 3.80. The van der Waals surface area contributed by atoms with Gasteiger partial charge in [-0.1, -0.05) is 12.1 Å². The number of nitrogens with one attached hydrogen (secondary N) is 1. The van der Waals surface area contributed by atoms with Gasteiger partial charge in [0.25, 0.3) is 0 Å². The lowest BCUT2D eigenvalue weighted by molar-refractivity contribution is -0.214. The van der Waals surface area contributed by atoms with Crippen LogP contribution < -0.4 is 10.2 Å². The molecular weight excluding hydrogens is 283 g/mol. The summed E-state index contributed by atoms with van der Waals surface area (Å²) in [5.74, 6) is -1.04. The highest BCUT2D eigenvalue weighted by molar-refractivity contribution is 5.99. The lowest BCUT2D eigenvalue weighted by atomic mass is 9.84. The fraction of sp³-hybridized carbons (Fsp3) is 0.429. The van der Waals surface area contributed by atoms with Gasteiger partial charge in [-0.3, -0.25) is 4.79 Å². The second-order valence-corrected chi connectivity index (χ2v) is 5.00. The fourth-order valence-electron chi connectivity index (χ4n) is 2.53. The van der Waals surface area contributed by atoms with E-state index in [2.05, 4.69) is 5.32 Å². The lowest BCUT2D eigenvalue weighted by Gasteiger charge is -2.33. The van der Waals surface area contributed by atoms with Gasteiger partial charge in [-0.2, -0.15) is 18.4 Å². The Morgan fingerprint density at radius 3 is 2.62 bits per heavy atom. The van der Waals surface area contributed by atoms with E-state index < -0.39 is 24.0 Å². The van der Waals surface area contributed by atoms with Crippen molar-refractivity contribution >= 4 is 11.6 Å². The van der Waals surface area contributed by atoms with Crippen LogP contribution in [0.3, 0.4) is 0 Å². The van der Waals surface area contributed by atoms with Gasteiger partial charge in [0.15, 0.2) is 5.41 Å². The maximum Gasteiger partial charge on any atom is 0.404 e. The molecule has 1 aromatic rings. The maximum atomic E-state index is 13.4. The minimum Gasteiger partial charge on any atom is -0.315 e. The Morgan fingerprint density at radius 2 is 2.10 bits per heavy atom. The molecule has 0 radical (unpaired) electrons. The van der Waals surface area contributed by atoms with Crippen LogP contribution in [0.1, 0.15) is 12.0 Å². The van der Waals surface area contributed by atoms with Crippen LogP contribution in [0.5, 0.6) is 0 Å². The number of nitriles is 1. The molecule has 112 valence electrons. The van der Waals surface area contributed by atoms with Gasteiger partial charge in [0, 0.05) is 13.6 Å². The Morgan fingerprint density at radius 1 is 1.43 bits per heavy atom. The van der Waals surface area contributed by atoms with E-state index in [4.69, 9.17) is 5.26 Å². The van der Waals surface area contributed by atoms with Crippen molar-refractivity contribution in [2.45, 2.75) is 12.6 Å². The van der Waals surface area contributed by atoms with Gasteiger partial charge in [-0.05, 0) is 25.1 Å². The average molecular weight is 297 g/mol. The number of para-hydroxylation sites is 1. The summed E-state index contributed by atoms with van der Waals surface area (Å²) in [7, 11) is 1.27. The summed E-state index contributed by atoms with van der Waals surface area (Å²) in [5, 5.41) is 11.6. The van der Waals surface area contributed by atoms with Gasteiger partial charge in [0.1, 0.15) is 6.07 Å². The number of carbonyl (C=O) groups is 1. The van der Waals surface area contributed by atoms with Crippen molar-refractivity contribution in [1.29, 1.82) is 5.26 Å². The third kappa shape index (κ3) is 2.47. The highest BCUT2D eigenvalue weighted by Gasteiger charge is 2.62. The zero-order chi connectivity index (χ0) is 15.7. The Hall–Kier alpha value is -2.07. The first kappa shape index (κ1) is 15.3. The van der Waals surface area contributed by atoms with E-state index in [1.807, 2.05) is 6.07 Å². The Bertz CT molecular complexity index is 586. The molecule has 0 saturated carbocycles. The number of amides is 1. The van der Waals surface area contributed by atoms with Gasteiger partial charge in [-0.15, -0.1) is 0 Å². The normalized spacial score (nSPS) is 21.9. The highest BCUT2D eigenvalue weighted by atomic mass is 19.4. The van der Waals surface area contributed by atoms with E-state index in [9.17, 15) is 18.0 Å². The number of rotatable bonds is 2. The summed E-state index contributed by atoms with van der Waals surface area (Å²) >= 11 is 0. The number of nitrogens with zero attached hydrogens (tertiary/aromatic N) is 2. The van der Waals surface area contributed by atoms with Gasteiger partial charge >= 0.3 is 6.18 Å². The Balaban J connectivity index is 2.41. The molecule has 0 aliphatic carbocycles. The summed E-state index contributed by atoms with van der Waals surface area (Å²) in [4.78, 5) is 13.4. The van der Waals surface area contributed by atoms with Crippen LogP contribution in [0.2, 0.25) is 0 Å². The molecule has 2 rings (SSSR count). The summed E-state index contributed by atoms with van der Waals surface area (Å²) in [6.45, 7) is -0.298. The van der Waals surface area contributed by atoms with Gasteiger partial charge in [-0.25, -0.2) is 0 Å². The van der Waals surface area contributed by atoms with Crippen molar-refractivity contribution in [2.75, 3.05) is 25.0 Å². The smallest absolute Gasteiger partial charge is 0.315 e. The summed E-state index contributed by atoms with van der Waals surface area (Å²) in [5.41, 5.74) is -2.08. The molecule has 1 atom stereocenters. The molecule has 0 aromatic heterocycles. The first-order valence-electron chi connectivity index (χ1n) is 6.38. The van der Waals surface area contributed by atoms with Crippen molar-refractivity contribution in [2.24, 2.45) is 5.41 Å². The number of hydrogen-bond donors (Lipinski definition) is 1. The van der Waals surface area contributed by atoms with Crippen molar-refractivity contribution in [1.82, 2.24) is 5.32 Å². The summed E-state index contributed by atoms with van der Waals surface area (Å²) in [6, 6.07) is 7.98. The largest absolute Gasteiger partial charge is 0.404 e. The zero-order valence-electron chi connectivity index (χ0n) is 11.4. The quantitative estimate of drug-likeness (QED) is 0.909. The second kappa shape index (κ2) is 5.37. The van der Waals surface area contributed by atoms with Crippen LogP contribution in [-0.4, -0.2) is 32.2 Å². The van der Waals surface area contributed by atoms with E-state index in [1.54, 1.807) is 12.1 Å². The molecule has 7 heteroatoms. The number of carbonyl (C=O) groups excluding carboxylic acids is 1. The fourth-order valence-corrected chi connectivity index (χ4v) is 2.53. The standard InChI is InChI=1S/C14H14F3N3O/c1-20(11-5-3-2-4-10(11)8-18)12(21)13(14(15,16)17)6-7-19-9-13/h2-5,19H,6-7,9H2,1H3. The van der Waals surface area contributed by atoms with Crippen LogP contribution in [-0.2, 0) is 4.79 Å². The van der Waals surface area contributed by atoms with Crippen LogP contribution in [0.4, 0.5) is 18.9 Å². The Kier molecular flexibility index (Phi) is 3.92. The topological polar surface area (TPSA) is 56.1 Å². The summed E-state index contributed by atoms with van der Waals surface area (Å²) < 4.78 is 40.1. The molecular formula is C14H14F3N3O. The first-order chi connectivity index (χ1) is 9.83. The van der Waals surface area contributed by atoms with Gasteiger partial charge in [0.05, 0.1) is 11.3 Å². The molecule has 0 bridgehead atoms. The third-order valence-corrected chi connectivity index (χ3v) is 3.80. The van der Waals surface area contributed by atoms with Crippen molar-refractivity contribution < 1.29 is 18.0 Å². The van der Waals surface area contributed by atoms with E-state index >= 15 is 0 Å². The number of alkyl halides is 3. The van der Waals surface area contributed by atoms with Crippen LogP contribution in [0, 0.1) is 16.7 Å². The molecule has 1 unspecified atom stereocenters. The molecule has 21 heavy (non-hydrogen) atoms. The van der Waals surface area contributed by atoms with Crippen molar-refractivity contribution in [3.05, 3.63) is 29.8 Å². The minimum absolute atomic E-state index is 0.138. The molecule has 1 amide bonds. The molecule has 1 saturated heterocycles. The van der Waals surface area contributed by atoms with E-state index in [1.165, 1.54) is 19.2 Å². The molecule has 1 heterocycles.